The molecule has 0 radical (unpaired) electrons. The average Bonchev–Trinajstić information content (AvgIpc) is 2.91. The largest absolute Gasteiger partial charge is 0.296 e. The van der Waals surface area contributed by atoms with Crippen LogP contribution in [0.4, 0.5) is 0 Å². The van der Waals surface area contributed by atoms with E-state index in [0.29, 0.717) is 12.0 Å². The van der Waals surface area contributed by atoms with Gasteiger partial charge in [0.25, 0.3) is 0 Å². The van der Waals surface area contributed by atoms with Crippen LogP contribution in [0.25, 0.3) is 0 Å². The van der Waals surface area contributed by atoms with Crippen molar-refractivity contribution in [2.24, 2.45) is 5.92 Å². The van der Waals surface area contributed by atoms with Crippen LogP contribution in [-0.2, 0) is 0 Å². The molecular weight excluding hydrogens is 266 g/mol. The second kappa shape index (κ2) is 5.89. The van der Waals surface area contributed by atoms with Gasteiger partial charge in [-0.15, -0.1) is 0 Å². The van der Waals surface area contributed by atoms with Crippen molar-refractivity contribution in [3.63, 3.8) is 0 Å². The number of likely N-dealkylation sites (tertiary alicyclic amines) is 1. The first-order chi connectivity index (χ1) is 10.9. The molecule has 1 aliphatic carbocycles. The lowest BCUT2D eigenvalue weighted by Gasteiger charge is -2.39. The lowest BCUT2D eigenvalue weighted by atomic mass is 9.80. The first kappa shape index (κ1) is 14.0. The van der Waals surface area contributed by atoms with E-state index in [9.17, 15) is 0 Å². The smallest absolute Gasteiger partial charge is 0.0388 e. The fourth-order valence-electron chi connectivity index (χ4n) is 4.79. The lowest BCUT2D eigenvalue weighted by molar-refractivity contribution is 0.0978. The van der Waals surface area contributed by atoms with Crippen LogP contribution in [0.1, 0.15) is 54.8 Å². The Bertz CT molecular complexity index is 631. The number of fused-ring (bicyclic) bond motifs is 3. The van der Waals surface area contributed by atoms with Crippen molar-refractivity contribution in [3.8, 4) is 0 Å². The molecule has 2 aromatic rings. The normalized spacial score (nSPS) is 27.4. The first-order valence-electron chi connectivity index (χ1n) is 8.78. The highest BCUT2D eigenvalue weighted by atomic mass is 15.2. The molecule has 0 aromatic heterocycles. The maximum Gasteiger partial charge on any atom is 0.0388 e. The van der Waals surface area contributed by atoms with Crippen molar-refractivity contribution < 1.29 is 0 Å². The summed E-state index contributed by atoms with van der Waals surface area (Å²) in [4.78, 5) is 2.75. The second-order valence-corrected chi connectivity index (χ2v) is 6.80. The van der Waals surface area contributed by atoms with Crippen LogP contribution in [0.2, 0.25) is 0 Å². The van der Waals surface area contributed by atoms with Crippen LogP contribution >= 0.6 is 0 Å². The summed E-state index contributed by atoms with van der Waals surface area (Å²) in [5.41, 5.74) is 4.67. The Hall–Kier alpha value is -1.60. The summed E-state index contributed by atoms with van der Waals surface area (Å²) in [6.07, 6.45) is 3.96. The second-order valence-electron chi connectivity index (χ2n) is 6.80. The highest BCUT2D eigenvalue weighted by Crippen LogP contribution is 2.54. The van der Waals surface area contributed by atoms with E-state index in [1.54, 1.807) is 11.1 Å². The van der Waals surface area contributed by atoms with Gasteiger partial charge in [-0.25, -0.2) is 0 Å². The van der Waals surface area contributed by atoms with Gasteiger partial charge in [0, 0.05) is 12.0 Å². The van der Waals surface area contributed by atoms with Gasteiger partial charge in [0.05, 0.1) is 0 Å². The standard InChI is InChI=1S/C21H25N/c1-2-14-22-15-8-13-19-20(16-9-4-3-5-10-16)17-11-6-7-12-18(17)21(19)22/h3-7,9-12,19-21H,2,8,13-15H2,1H3/t19-,20+,21+/m0/s1. The monoisotopic (exact) mass is 291 g/mol. The fourth-order valence-corrected chi connectivity index (χ4v) is 4.79. The van der Waals surface area contributed by atoms with Gasteiger partial charge < -0.3 is 0 Å². The van der Waals surface area contributed by atoms with Crippen LogP contribution in [0, 0.1) is 5.92 Å². The number of hydrogen-bond acceptors (Lipinski definition) is 1. The SMILES string of the molecule is CCCN1CCC[C@H]2[C@H](c3ccccc3)c3ccccc3[C@H]21. The van der Waals surface area contributed by atoms with Gasteiger partial charge in [0.1, 0.15) is 0 Å². The Kier molecular flexibility index (Phi) is 3.75. The molecule has 3 atom stereocenters. The zero-order valence-corrected chi connectivity index (χ0v) is 13.4. The molecule has 1 heterocycles. The van der Waals surface area contributed by atoms with Gasteiger partial charge in [0.15, 0.2) is 0 Å². The Labute approximate surface area is 134 Å². The van der Waals surface area contributed by atoms with Crippen molar-refractivity contribution >= 4 is 0 Å². The van der Waals surface area contributed by atoms with Gasteiger partial charge in [-0.2, -0.15) is 0 Å². The van der Waals surface area contributed by atoms with Gasteiger partial charge in [0.2, 0.25) is 0 Å². The number of nitrogens with zero attached hydrogens (tertiary/aromatic N) is 1. The van der Waals surface area contributed by atoms with Gasteiger partial charge in [-0.05, 0) is 55.0 Å². The summed E-state index contributed by atoms with van der Waals surface area (Å²) < 4.78 is 0. The molecule has 1 saturated heterocycles. The molecule has 1 aliphatic heterocycles. The van der Waals surface area contributed by atoms with Crippen LogP contribution in [-0.4, -0.2) is 18.0 Å². The maximum atomic E-state index is 2.75. The Morgan fingerprint density at radius 2 is 1.68 bits per heavy atom. The quantitative estimate of drug-likeness (QED) is 0.769. The van der Waals surface area contributed by atoms with Crippen LogP contribution in [0.15, 0.2) is 54.6 Å². The van der Waals surface area contributed by atoms with Gasteiger partial charge in [-0.3, -0.25) is 4.90 Å². The van der Waals surface area contributed by atoms with Crippen molar-refractivity contribution in [1.29, 1.82) is 0 Å². The van der Waals surface area contributed by atoms with E-state index in [0.717, 1.165) is 5.92 Å². The van der Waals surface area contributed by atoms with E-state index in [1.807, 2.05) is 0 Å². The molecule has 2 aromatic carbocycles. The van der Waals surface area contributed by atoms with E-state index >= 15 is 0 Å². The van der Waals surface area contributed by atoms with E-state index in [1.165, 1.54) is 37.9 Å². The molecule has 1 heteroatoms. The van der Waals surface area contributed by atoms with Crippen molar-refractivity contribution in [2.75, 3.05) is 13.1 Å². The molecule has 0 saturated carbocycles. The van der Waals surface area contributed by atoms with E-state index in [-0.39, 0.29) is 0 Å². The summed E-state index contributed by atoms with van der Waals surface area (Å²) in [5.74, 6) is 1.34. The van der Waals surface area contributed by atoms with E-state index < -0.39 is 0 Å². The molecule has 1 fully saturated rings. The Balaban J connectivity index is 1.80. The number of hydrogen-bond donors (Lipinski definition) is 0. The third kappa shape index (κ3) is 2.19. The summed E-state index contributed by atoms with van der Waals surface area (Å²) in [6, 6.07) is 21.0. The predicted molar refractivity (Wildman–Crippen MR) is 92.1 cm³/mol. The van der Waals surface area contributed by atoms with E-state index in [2.05, 4.69) is 66.4 Å². The number of benzene rings is 2. The zero-order chi connectivity index (χ0) is 14.9. The van der Waals surface area contributed by atoms with Crippen molar-refractivity contribution in [1.82, 2.24) is 4.90 Å². The minimum Gasteiger partial charge on any atom is -0.296 e. The molecule has 0 N–H and O–H groups in total. The third-order valence-corrected chi connectivity index (χ3v) is 5.53. The minimum absolute atomic E-state index is 0.585. The highest BCUT2D eigenvalue weighted by Gasteiger charge is 2.45. The van der Waals surface area contributed by atoms with Crippen molar-refractivity contribution in [3.05, 3.63) is 71.3 Å². The molecule has 1 nitrogen and oxygen atoms in total. The topological polar surface area (TPSA) is 3.24 Å². The minimum atomic E-state index is 0.585. The molecule has 2 aliphatic rings. The van der Waals surface area contributed by atoms with Crippen molar-refractivity contribution in [2.45, 2.75) is 38.1 Å². The zero-order valence-electron chi connectivity index (χ0n) is 13.4. The molecule has 114 valence electrons. The third-order valence-electron chi connectivity index (χ3n) is 5.53. The Morgan fingerprint density at radius 3 is 2.45 bits per heavy atom. The summed E-state index contributed by atoms with van der Waals surface area (Å²) in [6.45, 7) is 4.81. The Morgan fingerprint density at radius 1 is 0.955 bits per heavy atom. The van der Waals surface area contributed by atoms with Gasteiger partial charge in [-0.1, -0.05) is 61.5 Å². The maximum absolute atomic E-state index is 2.75. The highest BCUT2D eigenvalue weighted by molar-refractivity contribution is 5.46. The molecule has 0 bridgehead atoms. The number of rotatable bonds is 3. The molecule has 22 heavy (non-hydrogen) atoms. The lowest BCUT2D eigenvalue weighted by Crippen LogP contribution is -2.38. The summed E-state index contributed by atoms with van der Waals surface area (Å²) in [7, 11) is 0. The molecular formula is C21H25N. The fraction of sp³-hybridized carbons (Fsp3) is 0.429. The molecule has 0 amide bonds. The van der Waals surface area contributed by atoms with Crippen LogP contribution in [0.3, 0.4) is 0 Å². The van der Waals surface area contributed by atoms with E-state index in [4.69, 9.17) is 0 Å². The summed E-state index contributed by atoms with van der Waals surface area (Å²) >= 11 is 0. The first-order valence-corrected chi connectivity index (χ1v) is 8.78. The predicted octanol–water partition coefficient (Wildman–Crippen LogP) is 5.00. The van der Waals surface area contributed by atoms with Gasteiger partial charge >= 0.3 is 0 Å². The molecule has 0 spiro atoms. The van der Waals surface area contributed by atoms with Crippen LogP contribution in [0.5, 0.6) is 0 Å². The average molecular weight is 291 g/mol. The number of piperidine rings is 1. The molecule has 4 rings (SSSR count). The molecule has 0 unspecified atom stereocenters. The van der Waals surface area contributed by atoms with Crippen LogP contribution < -0.4 is 0 Å². The summed E-state index contributed by atoms with van der Waals surface area (Å²) in [5, 5.41) is 0.